The van der Waals surface area contributed by atoms with Gasteiger partial charge in [0.2, 0.25) is 0 Å². The number of carbonyl (C=O) groups is 2. The van der Waals surface area contributed by atoms with Crippen LogP contribution < -0.4 is 15.5 Å². The Labute approximate surface area is 206 Å². The number of benzene rings is 4. The normalized spacial score (nSPS) is 11.2. The van der Waals surface area contributed by atoms with Crippen molar-refractivity contribution in [2.24, 2.45) is 0 Å². The van der Waals surface area contributed by atoms with E-state index in [-0.39, 0.29) is 18.1 Å². The van der Waals surface area contributed by atoms with Crippen LogP contribution in [0.2, 0.25) is 0 Å². The molecule has 0 radical (unpaired) electrons. The first-order valence-corrected chi connectivity index (χ1v) is 11.4. The molecule has 0 aliphatic carbocycles. The molecule has 0 bridgehead atoms. The van der Waals surface area contributed by atoms with Crippen molar-refractivity contribution in [2.75, 3.05) is 23.3 Å². The van der Waals surface area contributed by atoms with Gasteiger partial charge in [0.1, 0.15) is 0 Å². The van der Waals surface area contributed by atoms with Crippen LogP contribution in [-0.4, -0.2) is 25.0 Å². The van der Waals surface area contributed by atoms with Crippen molar-refractivity contribution in [1.82, 2.24) is 5.32 Å². The van der Waals surface area contributed by atoms with Gasteiger partial charge in [0.05, 0.1) is 5.56 Å². The van der Waals surface area contributed by atoms with E-state index in [0.717, 1.165) is 22.9 Å². The van der Waals surface area contributed by atoms with Crippen LogP contribution in [0.15, 0.2) is 97.1 Å². The quantitative estimate of drug-likeness (QED) is 0.282. The van der Waals surface area contributed by atoms with Gasteiger partial charge in [-0.15, -0.1) is 0 Å². The number of amides is 3. The van der Waals surface area contributed by atoms with Crippen LogP contribution in [0, 0.1) is 0 Å². The van der Waals surface area contributed by atoms with E-state index >= 15 is 0 Å². The van der Waals surface area contributed by atoms with Crippen LogP contribution in [0.1, 0.15) is 22.3 Å². The number of hydrogen-bond donors (Lipinski definition) is 2. The highest BCUT2D eigenvalue weighted by Crippen LogP contribution is 2.30. The summed E-state index contributed by atoms with van der Waals surface area (Å²) in [6.07, 6.45) is -4.08. The molecular formula is C28H24F3N3O2. The fourth-order valence-electron chi connectivity index (χ4n) is 3.79. The predicted octanol–water partition coefficient (Wildman–Crippen LogP) is 6.72. The average Bonchev–Trinajstić information content (AvgIpc) is 2.88. The van der Waals surface area contributed by atoms with E-state index in [1.807, 2.05) is 36.4 Å². The molecule has 0 spiro atoms. The monoisotopic (exact) mass is 491 g/mol. The average molecular weight is 492 g/mol. The first-order chi connectivity index (χ1) is 17.3. The van der Waals surface area contributed by atoms with Crippen LogP contribution in [0.5, 0.6) is 0 Å². The highest BCUT2D eigenvalue weighted by atomic mass is 19.4. The third kappa shape index (κ3) is 6.21. The summed E-state index contributed by atoms with van der Waals surface area (Å²) in [6.45, 7) is 0.554. The molecule has 0 saturated heterocycles. The lowest BCUT2D eigenvalue weighted by atomic mass is 10.1. The van der Waals surface area contributed by atoms with Crippen molar-refractivity contribution in [3.8, 4) is 0 Å². The lowest BCUT2D eigenvalue weighted by molar-refractivity contribution is -0.137. The minimum atomic E-state index is -4.51. The summed E-state index contributed by atoms with van der Waals surface area (Å²) in [4.78, 5) is 27.0. The summed E-state index contributed by atoms with van der Waals surface area (Å²) in [5.41, 5.74) is 0.321. The summed E-state index contributed by atoms with van der Waals surface area (Å²) in [5.74, 6) is -0.222. The number of alkyl halides is 3. The molecular weight excluding hydrogens is 467 g/mol. The fraction of sp³-hybridized carbons (Fsp3) is 0.143. The Morgan fingerprint density at radius 3 is 2.25 bits per heavy atom. The molecule has 0 aromatic heterocycles. The number of urea groups is 1. The Morgan fingerprint density at radius 2 is 1.50 bits per heavy atom. The van der Waals surface area contributed by atoms with Gasteiger partial charge in [-0.2, -0.15) is 13.2 Å². The summed E-state index contributed by atoms with van der Waals surface area (Å²) < 4.78 is 39.1. The van der Waals surface area contributed by atoms with E-state index in [2.05, 4.69) is 10.6 Å². The Kier molecular flexibility index (Phi) is 7.53. The zero-order chi connectivity index (χ0) is 25.5. The minimum absolute atomic E-state index is 0.0420. The molecule has 0 fully saturated rings. The van der Waals surface area contributed by atoms with Crippen LogP contribution in [-0.2, 0) is 6.18 Å². The van der Waals surface area contributed by atoms with E-state index in [9.17, 15) is 22.8 Å². The number of para-hydroxylation sites is 1. The summed E-state index contributed by atoms with van der Waals surface area (Å²) >= 11 is 0. The fourth-order valence-corrected chi connectivity index (χ4v) is 3.79. The van der Waals surface area contributed by atoms with Gasteiger partial charge in [-0.1, -0.05) is 54.6 Å². The summed E-state index contributed by atoms with van der Waals surface area (Å²) in [7, 11) is 0. The molecule has 5 nitrogen and oxygen atoms in total. The van der Waals surface area contributed by atoms with Crippen LogP contribution in [0.4, 0.5) is 29.3 Å². The minimum Gasteiger partial charge on any atom is -0.352 e. The molecule has 3 amide bonds. The molecule has 2 N–H and O–H groups in total. The number of hydrogen-bond acceptors (Lipinski definition) is 2. The van der Waals surface area contributed by atoms with Crippen LogP contribution >= 0.6 is 0 Å². The van der Waals surface area contributed by atoms with Crippen molar-refractivity contribution >= 4 is 34.1 Å². The number of fused-ring (bicyclic) bond motifs is 1. The molecule has 0 aliphatic rings. The number of rotatable bonds is 7. The number of nitrogens with zero attached hydrogens (tertiary/aromatic N) is 1. The summed E-state index contributed by atoms with van der Waals surface area (Å²) in [6, 6.07) is 25.9. The Balaban J connectivity index is 1.39. The first kappa shape index (κ1) is 24.8. The van der Waals surface area contributed by atoms with Gasteiger partial charge >= 0.3 is 12.2 Å². The second-order valence-electron chi connectivity index (χ2n) is 8.17. The predicted molar refractivity (Wildman–Crippen MR) is 135 cm³/mol. The highest BCUT2D eigenvalue weighted by molar-refractivity contribution is 6.02. The van der Waals surface area contributed by atoms with E-state index < -0.39 is 17.8 Å². The van der Waals surface area contributed by atoms with Crippen LogP contribution in [0.25, 0.3) is 10.8 Å². The molecule has 184 valence electrons. The van der Waals surface area contributed by atoms with Crippen molar-refractivity contribution in [2.45, 2.75) is 12.6 Å². The van der Waals surface area contributed by atoms with Gasteiger partial charge in [-0.25, -0.2) is 4.79 Å². The maximum atomic E-state index is 13.0. The SMILES string of the molecule is O=C(NCCCN(C(=O)Nc1cccc(C(F)(F)F)c1)c1ccccc1)c1ccc2ccccc2c1. The second-order valence-corrected chi connectivity index (χ2v) is 8.17. The number of anilines is 2. The molecule has 0 aliphatic heterocycles. The van der Waals surface area contributed by atoms with Gasteiger partial charge in [-0.3, -0.25) is 9.69 Å². The maximum Gasteiger partial charge on any atom is 0.416 e. The molecule has 8 heteroatoms. The van der Waals surface area contributed by atoms with Crippen molar-refractivity contribution in [3.05, 3.63) is 108 Å². The molecule has 0 saturated carbocycles. The topological polar surface area (TPSA) is 61.4 Å². The van der Waals surface area contributed by atoms with Crippen molar-refractivity contribution < 1.29 is 22.8 Å². The maximum absolute atomic E-state index is 13.0. The van der Waals surface area contributed by atoms with E-state index in [1.54, 1.807) is 36.4 Å². The van der Waals surface area contributed by atoms with E-state index in [4.69, 9.17) is 0 Å². The number of halogens is 3. The first-order valence-electron chi connectivity index (χ1n) is 11.4. The van der Waals surface area contributed by atoms with Gasteiger partial charge in [-0.05, 0) is 59.7 Å². The van der Waals surface area contributed by atoms with Crippen LogP contribution in [0.3, 0.4) is 0 Å². The Morgan fingerprint density at radius 1 is 0.778 bits per heavy atom. The Hall–Kier alpha value is -4.33. The van der Waals surface area contributed by atoms with Gasteiger partial charge < -0.3 is 10.6 Å². The number of carbonyl (C=O) groups excluding carboxylic acids is 2. The Bertz CT molecular complexity index is 1360. The standard InChI is InChI=1S/C28H24F3N3O2/c29-28(30,31)23-10-6-11-24(19-23)33-27(36)34(25-12-2-1-3-13-25)17-7-16-32-26(35)22-15-14-20-8-4-5-9-21(20)18-22/h1-6,8-15,18-19H,7,16-17H2,(H,32,35)(H,33,36). The van der Waals surface area contributed by atoms with Gasteiger partial charge in [0, 0.05) is 30.0 Å². The van der Waals surface area contributed by atoms with Crippen molar-refractivity contribution in [3.63, 3.8) is 0 Å². The third-order valence-electron chi connectivity index (χ3n) is 5.61. The molecule has 0 unspecified atom stereocenters. The molecule has 4 aromatic carbocycles. The smallest absolute Gasteiger partial charge is 0.352 e. The molecule has 0 atom stereocenters. The zero-order valence-electron chi connectivity index (χ0n) is 19.3. The lowest BCUT2D eigenvalue weighted by Gasteiger charge is -2.23. The highest BCUT2D eigenvalue weighted by Gasteiger charge is 2.30. The molecule has 36 heavy (non-hydrogen) atoms. The lowest BCUT2D eigenvalue weighted by Crippen LogP contribution is -2.37. The molecule has 4 rings (SSSR count). The van der Waals surface area contributed by atoms with E-state index in [1.165, 1.54) is 17.0 Å². The van der Waals surface area contributed by atoms with Crippen molar-refractivity contribution in [1.29, 1.82) is 0 Å². The van der Waals surface area contributed by atoms with E-state index in [0.29, 0.717) is 24.2 Å². The summed E-state index contributed by atoms with van der Waals surface area (Å²) in [5, 5.41) is 7.41. The zero-order valence-corrected chi connectivity index (χ0v) is 19.3. The molecule has 0 heterocycles. The van der Waals surface area contributed by atoms with Gasteiger partial charge in [0.25, 0.3) is 5.91 Å². The molecule has 4 aromatic rings. The number of nitrogens with one attached hydrogen (secondary N) is 2. The second kappa shape index (κ2) is 10.9. The largest absolute Gasteiger partial charge is 0.416 e. The third-order valence-corrected chi connectivity index (χ3v) is 5.61. The van der Waals surface area contributed by atoms with Gasteiger partial charge in [0.15, 0.2) is 0 Å².